The van der Waals surface area contributed by atoms with E-state index in [1.807, 2.05) is 30.3 Å². The summed E-state index contributed by atoms with van der Waals surface area (Å²) in [6, 6.07) is 9.31. The van der Waals surface area contributed by atoms with Gasteiger partial charge in [0.1, 0.15) is 6.33 Å². The van der Waals surface area contributed by atoms with Crippen LogP contribution in [0.3, 0.4) is 0 Å². The molecule has 1 aliphatic heterocycles. The van der Waals surface area contributed by atoms with Crippen molar-refractivity contribution in [1.82, 2.24) is 20.1 Å². The number of carbonyl (C=O) groups is 1. The molecule has 0 aliphatic carbocycles. The van der Waals surface area contributed by atoms with Gasteiger partial charge in [-0.05, 0) is 47.7 Å². The highest BCUT2D eigenvalue weighted by atomic mass is 35.5. The van der Waals surface area contributed by atoms with E-state index in [-0.39, 0.29) is 37.0 Å². The third-order valence-electron chi connectivity index (χ3n) is 5.06. The minimum Gasteiger partial charge on any atom is -0.352 e. The summed E-state index contributed by atoms with van der Waals surface area (Å²) in [6.07, 6.45) is 2.98. The summed E-state index contributed by atoms with van der Waals surface area (Å²) < 4.78 is 14.6. The Morgan fingerprint density at radius 2 is 2.17 bits per heavy atom. The Kier molecular flexibility index (Phi) is 6.86. The van der Waals surface area contributed by atoms with Crippen molar-refractivity contribution in [3.8, 4) is 10.4 Å². The SMILES string of the molecule is Cl.NC/C(=C/F)CC(c1ccc(-c2ccc3c(c2)C(=O)NCC3)s1)n1cn[nH]c1=O. The highest BCUT2D eigenvalue weighted by Crippen LogP contribution is 2.36. The van der Waals surface area contributed by atoms with Gasteiger partial charge in [0.2, 0.25) is 0 Å². The predicted octanol–water partition coefficient (Wildman–Crippen LogP) is 2.80. The van der Waals surface area contributed by atoms with Gasteiger partial charge >= 0.3 is 5.69 Å². The molecule has 4 rings (SSSR count). The summed E-state index contributed by atoms with van der Waals surface area (Å²) in [6.45, 7) is 0.721. The summed E-state index contributed by atoms with van der Waals surface area (Å²) in [5, 5.41) is 9.03. The third kappa shape index (κ3) is 4.23. The first-order valence-corrected chi connectivity index (χ1v) is 10.0. The summed E-state index contributed by atoms with van der Waals surface area (Å²) in [5.41, 5.74) is 8.32. The zero-order valence-corrected chi connectivity index (χ0v) is 17.6. The van der Waals surface area contributed by atoms with Crippen molar-refractivity contribution in [3.63, 3.8) is 0 Å². The Hall–Kier alpha value is -2.75. The first-order chi connectivity index (χ1) is 14.1. The van der Waals surface area contributed by atoms with E-state index in [4.69, 9.17) is 5.73 Å². The molecule has 1 aromatic carbocycles. The number of H-pyrrole nitrogens is 1. The molecule has 158 valence electrons. The fraction of sp³-hybridized carbons (Fsp3) is 0.250. The summed E-state index contributed by atoms with van der Waals surface area (Å²) in [7, 11) is 0. The molecular formula is C20H21ClFN5O2S. The molecule has 0 bridgehead atoms. The van der Waals surface area contributed by atoms with E-state index < -0.39 is 6.04 Å². The van der Waals surface area contributed by atoms with Crippen LogP contribution in [-0.2, 0) is 6.42 Å². The van der Waals surface area contributed by atoms with Crippen LogP contribution in [-0.4, -0.2) is 33.8 Å². The number of amides is 1. The van der Waals surface area contributed by atoms with Gasteiger partial charge < -0.3 is 11.1 Å². The maximum Gasteiger partial charge on any atom is 0.343 e. The average Bonchev–Trinajstić information content (AvgIpc) is 3.39. The summed E-state index contributed by atoms with van der Waals surface area (Å²) in [4.78, 5) is 26.1. The summed E-state index contributed by atoms with van der Waals surface area (Å²) in [5.74, 6) is -0.0617. The second kappa shape index (κ2) is 9.38. The molecule has 3 aromatic rings. The zero-order valence-electron chi connectivity index (χ0n) is 15.9. The lowest BCUT2D eigenvalue weighted by Gasteiger charge is -2.17. The van der Waals surface area contributed by atoms with E-state index in [0.29, 0.717) is 24.0 Å². The lowest BCUT2D eigenvalue weighted by atomic mass is 9.97. The minimum atomic E-state index is -0.425. The Morgan fingerprint density at radius 1 is 1.33 bits per heavy atom. The molecule has 7 nitrogen and oxygen atoms in total. The number of carbonyl (C=O) groups excluding carboxylic acids is 1. The first kappa shape index (κ1) is 21.9. The van der Waals surface area contributed by atoms with E-state index in [0.717, 1.165) is 27.3 Å². The number of fused-ring (bicyclic) bond motifs is 1. The molecule has 4 N–H and O–H groups in total. The van der Waals surface area contributed by atoms with Gasteiger partial charge in [-0.15, -0.1) is 23.7 Å². The number of nitrogens with one attached hydrogen (secondary N) is 2. The normalized spacial score (nSPS) is 14.6. The quantitative estimate of drug-likeness (QED) is 0.538. The Balaban J connectivity index is 0.00000256. The molecule has 2 aromatic heterocycles. The highest BCUT2D eigenvalue weighted by Gasteiger charge is 2.21. The standard InChI is InChI=1S/C20H20FN5O2S.ClH/c21-9-12(10-22)7-16(26-11-24-25-20(26)28)18-4-3-17(29-18)14-2-1-13-5-6-23-19(27)15(13)8-14;/h1-4,8-9,11,16H,5-7,10,22H2,(H,23,27)(H,25,28);1H/b12-9+;. The van der Waals surface area contributed by atoms with Crippen molar-refractivity contribution in [3.05, 3.63) is 75.1 Å². The van der Waals surface area contributed by atoms with Gasteiger partial charge in [-0.1, -0.05) is 12.1 Å². The van der Waals surface area contributed by atoms with Crippen LogP contribution in [0, 0.1) is 0 Å². The number of thiophene rings is 1. The van der Waals surface area contributed by atoms with E-state index in [9.17, 15) is 14.0 Å². The van der Waals surface area contributed by atoms with Crippen LogP contribution in [0.5, 0.6) is 0 Å². The lowest BCUT2D eigenvalue weighted by molar-refractivity contribution is 0.0946. The van der Waals surface area contributed by atoms with Crippen LogP contribution in [0.25, 0.3) is 10.4 Å². The van der Waals surface area contributed by atoms with E-state index in [1.54, 1.807) is 0 Å². The average molecular weight is 450 g/mol. The molecule has 1 amide bonds. The molecule has 30 heavy (non-hydrogen) atoms. The van der Waals surface area contributed by atoms with Crippen molar-refractivity contribution < 1.29 is 9.18 Å². The monoisotopic (exact) mass is 449 g/mol. The van der Waals surface area contributed by atoms with Gasteiger partial charge in [-0.25, -0.2) is 14.3 Å². The van der Waals surface area contributed by atoms with Gasteiger partial charge in [0.05, 0.1) is 12.4 Å². The molecular weight excluding hydrogens is 429 g/mol. The predicted molar refractivity (Wildman–Crippen MR) is 117 cm³/mol. The molecule has 1 unspecified atom stereocenters. The van der Waals surface area contributed by atoms with Gasteiger partial charge in [0.15, 0.2) is 0 Å². The van der Waals surface area contributed by atoms with Crippen LogP contribution < -0.4 is 16.7 Å². The van der Waals surface area contributed by atoms with Crippen molar-refractivity contribution in [2.45, 2.75) is 18.9 Å². The van der Waals surface area contributed by atoms with Crippen molar-refractivity contribution >= 4 is 29.7 Å². The molecule has 1 atom stereocenters. The van der Waals surface area contributed by atoms with Crippen LogP contribution in [0.1, 0.15) is 33.3 Å². The topological polar surface area (TPSA) is 106 Å². The maximum atomic E-state index is 13.2. The molecule has 3 heterocycles. The number of rotatable bonds is 6. The number of halogens is 2. The molecule has 1 aliphatic rings. The number of hydrogen-bond acceptors (Lipinski definition) is 5. The third-order valence-corrected chi connectivity index (χ3v) is 6.29. The number of benzene rings is 1. The van der Waals surface area contributed by atoms with Crippen LogP contribution in [0.4, 0.5) is 4.39 Å². The number of nitrogens with zero attached hydrogens (tertiary/aromatic N) is 2. The van der Waals surface area contributed by atoms with Gasteiger partial charge in [-0.2, -0.15) is 5.10 Å². The highest BCUT2D eigenvalue weighted by molar-refractivity contribution is 7.15. The zero-order chi connectivity index (χ0) is 20.4. The van der Waals surface area contributed by atoms with E-state index >= 15 is 0 Å². The van der Waals surface area contributed by atoms with Gasteiger partial charge in [0, 0.05) is 28.4 Å². The van der Waals surface area contributed by atoms with Crippen LogP contribution in [0.15, 0.2) is 53.4 Å². The van der Waals surface area contributed by atoms with Crippen molar-refractivity contribution in [2.24, 2.45) is 5.73 Å². The Bertz CT molecular complexity index is 1140. The van der Waals surface area contributed by atoms with Gasteiger partial charge in [0.25, 0.3) is 5.91 Å². The lowest BCUT2D eigenvalue weighted by Crippen LogP contribution is -2.31. The molecule has 10 heteroatoms. The first-order valence-electron chi connectivity index (χ1n) is 9.21. The maximum absolute atomic E-state index is 13.2. The van der Waals surface area contributed by atoms with Crippen LogP contribution >= 0.6 is 23.7 Å². The molecule has 0 saturated carbocycles. The number of aromatic nitrogens is 3. The number of nitrogens with two attached hydrogens (primary N) is 1. The van der Waals surface area contributed by atoms with Crippen molar-refractivity contribution in [2.75, 3.05) is 13.1 Å². The number of aromatic amines is 1. The Morgan fingerprint density at radius 3 is 2.87 bits per heavy atom. The smallest absolute Gasteiger partial charge is 0.343 e. The second-order valence-corrected chi connectivity index (χ2v) is 7.96. The second-order valence-electron chi connectivity index (χ2n) is 6.84. The minimum absolute atomic E-state index is 0. The van der Waals surface area contributed by atoms with Gasteiger partial charge in [-0.3, -0.25) is 9.36 Å². The molecule has 0 radical (unpaired) electrons. The molecule has 0 fully saturated rings. The fourth-order valence-electron chi connectivity index (χ4n) is 3.49. The largest absolute Gasteiger partial charge is 0.352 e. The van der Waals surface area contributed by atoms with Crippen LogP contribution in [0.2, 0.25) is 0 Å². The molecule has 0 saturated heterocycles. The Labute approximate surface area is 182 Å². The summed E-state index contributed by atoms with van der Waals surface area (Å²) >= 11 is 1.49. The molecule has 0 spiro atoms. The van der Waals surface area contributed by atoms with E-state index in [2.05, 4.69) is 15.5 Å². The fourth-order valence-corrected chi connectivity index (χ4v) is 4.59. The van der Waals surface area contributed by atoms with Crippen molar-refractivity contribution in [1.29, 1.82) is 0 Å². The number of hydrogen-bond donors (Lipinski definition) is 3. The van der Waals surface area contributed by atoms with E-state index in [1.165, 1.54) is 22.2 Å².